The summed E-state index contributed by atoms with van der Waals surface area (Å²) in [5.74, 6) is -1.16. The highest BCUT2D eigenvalue weighted by Crippen LogP contribution is 2.31. The summed E-state index contributed by atoms with van der Waals surface area (Å²) in [4.78, 5) is 38.1. The summed E-state index contributed by atoms with van der Waals surface area (Å²) in [6, 6.07) is 8.90. The van der Waals surface area contributed by atoms with Gasteiger partial charge in [-0.15, -0.1) is 0 Å². The molecule has 0 aromatic heterocycles. The number of nitrogens with zero attached hydrogens (tertiary/aromatic N) is 1. The molecule has 0 bridgehead atoms. The zero-order valence-electron chi connectivity index (χ0n) is 16.8. The fraction of sp³-hybridized carbons (Fsp3) is 0.227. The van der Waals surface area contributed by atoms with Crippen LogP contribution in [0.1, 0.15) is 25.8 Å². The average Bonchev–Trinajstić information content (AvgIpc) is 2.73. The quantitative estimate of drug-likeness (QED) is 0.578. The molecule has 1 unspecified atom stereocenters. The number of barbiturate groups is 1. The number of benzene rings is 2. The first-order chi connectivity index (χ1) is 14.3. The Labute approximate surface area is 173 Å². The minimum Gasteiger partial charge on any atom is -0.493 e. The van der Waals surface area contributed by atoms with Crippen molar-refractivity contribution in [1.29, 1.82) is 0 Å². The summed E-state index contributed by atoms with van der Waals surface area (Å²) in [5, 5.41) is 2.13. The molecule has 156 valence electrons. The van der Waals surface area contributed by atoms with Gasteiger partial charge in [-0.3, -0.25) is 14.9 Å². The Morgan fingerprint density at radius 1 is 1.10 bits per heavy atom. The number of carbonyl (C=O) groups excluding carboxylic acids is 3. The number of amides is 4. The predicted molar refractivity (Wildman–Crippen MR) is 109 cm³/mol. The number of anilines is 1. The molecule has 2 aromatic rings. The van der Waals surface area contributed by atoms with Gasteiger partial charge in [0.05, 0.1) is 18.9 Å². The molecule has 30 heavy (non-hydrogen) atoms. The number of imide groups is 2. The molecule has 3 rings (SSSR count). The topological polar surface area (TPSA) is 84.9 Å². The molecule has 1 fully saturated rings. The molecule has 1 atom stereocenters. The van der Waals surface area contributed by atoms with Gasteiger partial charge in [0.25, 0.3) is 11.8 Å². The Morgan fingerprint density at radius 3 is 2.43 bits per heavy atom. The molecule has 8 heteroatoms. The highest BCUT2D eigenvalue weighted by atomic mass is 19.1. The monoisotopic (exact) mass is 412 g/mol. The molecule has 1 saturated heterocycles. The van der Waals surface area contributed by atoms with E-state index in [4.69, 9.17) is 9.47 Å². The molecule has 1 N–H and O–H groups in total. The van der Waals surface area contributed by atoms with Gasteiger partial charge in [-0.2, -0.15) is 0 Å². The van der Waals surface area contributed by atoms with Gasteiger partial charge in [0.15, 0.2) is 11.5 Å². The van der Waals surface area contributed by atoms with Crippen LogP contribution < -0.4 is 19.7 Å². The summed E-state index contributed by atoms with van der Waals surface area (Å²) in [6.45, 7) is 3.93. The number of nitrogens with one attached hydrogen (secondary N) is 1. The van der Waals surface area contributed by atoms with Crippen molar-refractivity contribution in [2.75, 3.05) is 12.0 Å². The number of hydrogen-bond acceptors (Lipinski definition) is 5. The lowest BCUT2D eigenvalue weighted by Gasteiger charge is -2.26. The molecule has 0 radical (unpaired) electrons. The number of rotatable bonds is 6. The smallest absolute Gasteiger partial charge is 0.335 e. The summed E-state index contributed by atoms with van der Waals surface area (Å²) < 4.78 is 24.3. The van der Waals surface area contributed by atoms with Crippen molar-refractivity contribution in [3.05, 3.63) is 59.4 Å². The molecule has 0 spiro atoms. The van der Waals surface area contributed by atoms with E-state index < -0.39 is 23.7 Å². The van der Waals surface area contributed by atoms with E-state index in [1.165, 1.54) is 25.3 Å². The van der Waals surface area contributed by atoms with Crippen LogP contribution in [0.15, 0.2) is 48.0 Å². The van der Waals surface area contributed by atoms with Crippen molar-refractivity contribution >= 4 is 29.6 Å². The molecule has 2 aromatic carbocycles. The van der Waals surface area contributed by atoms with Gasteiger partial charge < -0.3 is 9.47 Å². The van der Waals surface area contributed by atoms with E-state index in [-0.39, 0.29) is 17.4 Å². The first-order valence-corrected chi connectivity index (χ1v) is 9.35. The van der Waals surface area contributed by atoms with Crippen LogP contribution >= 0.6 is 0 Å². The van der Waals surface area contributed by atoms with Gasteiger partial charge in [0.2, 0.25) is 0 Å². The van der Waals surface area contributed by atoms with Crippen molar-refractivity contribution in [2.24, 2.45) is 0 Å². The van der Waals surface area contributed by atoms with Crippen LogP contribution in [0.5, 0.6) is 11.5 Å². The van der Waals surface area contributed by atoms with E-state index in [0.717, 1.165) is 23.5 Å². The van der Waals surface area contributed by atoms with Crippen LogP contribution in [0.3, 0.4) is 0 Å². The number of carbonyl (C=O) groups is 3. The van der Waals surface area contributed by atoms with Gasteiger partial charge in [0.1, 0.15) is 11.4 Å². The summed E-state index contributed by atoms with van der Waals surface area (Å²) in [6.07, 6.45) is 2.16. The number of hydrogen-bond donors (Lipinski definition) is 1. The second-order valence-electron chi connectivity index (χ2n) is 6.68. The Bertz CT molecular complexity index is 1020. The van der Waals surface area contributed by atoms with E-state index in [2.05, 4.69) is 5.32 Å². The van der Waals surface area contributed by atoms with Crippen molar-refractivity contribution in [3.63, 3.8) is 0 Å². The van der Waals surface area contributed by atoms with Gasteiger partial charge in [-0.05, 0) is 61.4 Å². The fourth-order valence-corrected chi connectivity index (χ4v) is 2.82. The third kappa shape index (κ3) is 4.32. The highest BCUT2D eigenvalue weighted by Gasteiger charge is 2.36. The van der Waals surface area contributed by atoms with Crippen LogP contribution in [-0.4, -0.2) is 31.1 Å². The number of methoxy groups -OCH3 is 1. The SMILES string of the molecule is CCC(C)Oc1ccc(C=C2C(=O)NC(=O)N(c3ccc(F)cc3)C2=O)cc1OC. The van der Waals surface area contributed by atoms with Gasteiger partial charge in [-0.25, -0.2) is 14.1 Å². The molecule has 1 heterocycles. The number of ether oxygens (including phenoxy) is 2. The lowest BCUT2D eigenvalue weighted by atomic mass is 10.1. The summed E-state index contributed by atoms with van der Waals surface area (Å²) in [7, 11) is 1.49. The fourth-order valence-electron chi connectivity index (χ4n) is 2.82. The third-order valence-corrected chi connectivity index (χ3v) is 4.59. The van der Waals surface area contributed by atoms with Gasteiger partial charge in [0, 0.05) is 0 Å². The minimum absolute atomic E-state index is 0.0101. The van der Waals surface area contributed by atoms with Crippen LogP contribution in [0.4, 0.5) is 14.9 Å². The first-order valence-electron chi connectivity index (χ1n) is 9.35. The normalized spacial score (nSPS) is 16.5. The van der Waals surface area contributed by atoms with Gasteiger partial charge in [-0.1, -0.05) is 13.0 Å². The van der Waals surface area contributed by atoms with E-state index in [9.17, 15) is 18.8 Å². The molecule has 7 nitrogen and oxygen atoms in total. The van der Waals surface area contributed by atoms with Gasteiger partial charge >= 0.3 is 6.03 Å². The van der Waals surface area contributed by atoms with Crippen molar-refractivity contribution in [2.45, 2.75) is 26.4 Å². The maximum atomic E-state index is 13.2. The Hall–Kier alpha value is -3.68. The lowest BCUT2D eigenvalue weighted by molar-refractivity contribution is -0.122. The standard InChI is InChI=1S/C22H21FN2O5/c1-4-13(2)30-18-10-5-14(12-19(18)29-3)11-17-20(26)24-22(28)25(21(17)27)16-8-6-15(23)7-9-16/h5-13H,4H2,1-3H3,(H,24,26,28). The Balaban J connectivity index is 1.95. The molecule has 0 aliphatic carbocycles. The second-order valence-corrected chi connectivity index (χ2v) is 6.68. The van der Waals surface area contributed by atoms with E-state index in [1.54, 1.807) is 18.2 Å². The molecule has 0 saturated carbocycles. The maximum Gasteiger partial charge on any atom is 0.335 e. The first kappa shape index (κ1) is 21.0. The number of urea groups is 1. The average molecular weight is 412 g/mol. The number of halogens is 1. The minimum atomic E-state index is -0.899. The van der Waals surface area contributed by atoms with Crippen molar-refractivity contribution in [3.8, 4) is 11.5 Å². The van der Waals surface area contributed by atoms with Crippen LogP contribution in [0.2, 0.25) is 0 Å². The molecule has 4 amide bonds. The second kappa shape index (κ2) is 8.77. The Morgan fingerprint density at radius 2 is 1.80 bits per heavy atom. The van der Waals surface area contributed by atoms with Crippen molar-refractivity contribution in [1.82, 2.24) is 5.32 Å². The Kier molecular flexibility index (Phi) is 6.15. The zero-order valence-corrected chi connectivity index (χ0v) is 16.8. The maximum absolute atomic E-state index is 13.2. The molecular weight excluding hydrogens is 391 g/mol. The van der Waals surface area contributed by atoms with E-state index >= 15 is 0 Å². The zero-order chi connectivity index (χ0) is 21.8. The van der Waals surface area contributed by atoms with Crippen molar-refractivity contribution < 1.29 is 28.2 Å². The van der Waals surface area contributed by atoms with E-state index in [1.807, 2.05) is 13.8 Å². The lowest BCUT2D eigenvalue weighted by Crippen LogP contribution is -2.54. The summed E-state index contributed by atoms with van der Waals surface area (Å²) in [5.41, 5.74) is 0.416. The van der Waals surface area contributed by atoms with Crippen LogP contribution in [-0.2, 0) is 9.59 Å². The largest absolute Gasteiger partial charge is 0.493 e. The molecule has 1 aliphatic heterocycles. The van der Waals surface area contributed by atoms with Crippen LogP contribution in [0, 0.1) is 5.82 Å². The molecule has 1 aliphatic rings. The van der Waals surface area contributed by atoms with Crippen LogP contribution in [0.25, 0.3) is 6.08 Å². The summed E-state index contributed by atoms with van der Waals surface area (Å²) >= 11 is 0. The molecular formula is C22H21FN2O5. The van der Waals surface area contributed by atoms with E-state index in [0.29, 0.717) is 17.1 Å². The predicted octanol–water partition coefficient (Wildman–Crippen LogP) is 3.68. The highest BCUT2D eigenvalue weighted by molar-refractivity contribution is 6.39. The third-order valence-electron chi connectivity index (χ3n) is 4.59.